The zero-order valence-electron chi connectivity index (χ0n) is 16.6. The summed E-state index contributed by atoms with van der Waals surface area (Å²) in [6, 6.07) is 13.0. The maximum absolute atomic E-state index is 12.9. The van der Waals surface area contributed by atoms with Gasteiger partial charge in [0.25, 0.3) is 0 Å². The van der Waals surface area contributed by atoms with Crippen LogP contribution in [0.1, 0.15) is 16.7 Å². The summed E-state index contributed by atoms with van der Waals surface area (Å²) < 4.78 is 27.4. The van der Waals surface area contributed by atoms with Crippen LogP contribution in [-0.2, 0) is 14.8 Å². The molecule has 1 fully saturated rings. The van der Waals surface area contributed by atoms with Gasteiger partial charge in [0.05, 0.1) is 11.4 Å². The van der Waals surface area contributed by atoms with Crippen molar-refractivity contribution >= 4 is 21.6 Å². The van der Waals surface area contributed by atoms with Crippen LogP contribution in [0.5, 0.6) is 0 Å². The Morgan fingerprint density at radius 1 is 0.929 bits per heavy atom. The van der Waals surface area contributed by atoms with Gasteiger partial charge in [-0.05, 0) is 44.5 Å². The number of amides is 1. The molecule has 0 radical (unpaired) electrons. The second-order valence-corrected chi connectivity index (χ2v) is 9.27. The first-order chi connectivity index (χ1) is 13.3. The summed E-state index contributed by atoms with van der Waals surface area (Å²) in [5, 5.41) is 2.88. The van der Waals surface area contributed by atoms with Crippen LogP contribution in [0, 0.1) is 20.8 Å². The molecule has 1 heterocycles. The van der Waals surface area contributed by atoms with Crippen molar-refractivity contribution < 1.29 is 13.2 Å². The molecule has 0 unspecified atom stereocenters. The van der Waals surface area contributed by atoms with Crippen LogP contribution in [-0.4, -0.2) is 56.3 Å². The summed E-state index contributed by atoms with van der Waals surface area (Å²) in [6.45, 7) is 7.86. The van der Waals surface area contributed by atoms with Gasteiger partial charge in [0.1, 0.15) is 0 Å². The third-order valence-electron chi connectivity index (χ3n) is 4.98. The van der Waals surface area contributed by atoms with E-state index in [0.29, 0.717) is 31.1 Å². The molecule has 6 nitrogen and oxygen atoms in total. The smallest absolute Gasteiger partial charge is 0.243 e. The van der Waals surface area contributed by atoms with Crippen LogP contribution >= 0.6 is 0 Å². The van der Waals surface area contributed by atoms with E-state index in [-0.39, 0.29) is 12.5 Å². The van der Waals surface area contributed by atoms with E-state index in [0.717, 1.165) is 22.4 Å². The first-order valence-corrected chi connectivity index (χ1v) is 10.9. The molecule has 1 aliphatic rings. The Bertz CT molecular complexity index is 947. The number of anilines is 1. The number of nitrogens with zero attached hydrogens (tertiary/aromatic N) is 2. The normalized spacial score (nSPS) is 16.1. The van der Waals surface area contributed by atoms with Gasteiger partial charge in [0, 0.05) is 31.9 Å². The predicted molar refractivity (Wildman–Crippen MR) is 111 cm³/mol. The molecule has 1 amide bonds. The number of carbonyl (C=O) groups is 1. The third-order valence-corrected chi connectivity index (χ3v) is 7.04. The highest BCUT2D eigenvalue weighted by molar-refractivity contribution is 7.89. The maximum Gasteiger partial charge on any atom is 0.243 e. The van der Waals surface area contributed by atoms with Gasteiger partial charge in [-0.1, -0.05) is 35.4 Å². The molecule has 2 aromatic rings. The maximum atomic E-state index is 12.9. The van der Waals surface area contributed by atoms with Crippen molar-refractivity contribution in [2.24, 2.45) is 0 Å². The topological polar surface area (TPSA) is 69.7 Å². The number of hydrogen-bond acceptors (Lipinski definition) is 4. The van der Waals surface area contributed by atoms with Crippen LogP contribution in [0.4, 0.5) is 5.69 Å². The van der Waals surface area contributed by atoms with Gasteiger partial charge in [0.15, 0.2) is 0 Å². The van der Waals surface area contributed by atoms with Gasteiger partial charge in [-0.15, -0.1) is 0 Å². The molecule has 0 spiro atoms. The van der Waals surface area contributed by atoms with E-state index in [2.05, 4.69) is 5.32 Å². The zero-order chi connectivity index (χ0) is 20.3. The number of rotatable bonds is 5. The minimum atomic E-state index is -3.51. The molecule has 150 valence electrons. The van der Waals surface area contributed by atoms with Gasteiger partial charge < -0.3 is 5.32 Å². The van der Waals surface area contributed by atoms with Gasteiger partial charge in [0.2, 0.25) is 15.9 Å². The van der Waals surface area contributed by atoms with Crippen LogP contribution in [0.3, 0.4) is 0 Å². The molecule has 0 atom stereocenters. The van der Waals surface area contributed by atoms with Crippen LogP contribution in [0.2, 0.25) is 0 Å². The number of carbonyl (C=O) groups excluding carboxylic acids is 1. The minimum Gasteiger partial charge on any atom is -0.325 e. The lowest BCUT2D eigenvalue weighted by Gasteiger charge is -2.33. The number of aryl methyl sites for hydroxylation is 3. The molecule has 0 aliphatic carbocycles. The van der Waals surface area contributed by atoms with E-state index in [1.54, 1.807) is 6.07 Å². The molecule has 2 aromatic carbocycles. The highest BCUT2D eigenvalue weighted by atomic mass is 32.2. The largest absolute Gasteiger partial charge is 0.325 e. The minimum absolute atomic E-state index is 0.0884. The Kier molecular flexibility index (Phi) is 6.17. The second kappa shape index (κ2) is 8.43. The quantitative estimate of drug-likeness (QED) is 0.836. The van der Waals surface area contributed by atoms with E-state index in [4.69, 9.17) is 0 Å². The molecule has 0 saturated carbocycles. The fourth-order valence-electron chi connectivity index (χ4n) is 3.40. The van der Waals surface area contributed by atoms with E-state index in [1.807, 2.05) is 62.1 Å². The lowest BCUT2D eigenvalue weighted by molar-refractivity contribution is -0.117. The molecular weight excluding hydrogens is 374 g/mol. The van der Waals surface area contributed by atoms with Crippen molar-refractivity contribution in [3.63, 3.8) is 0 Å². The van der Waals surface area contributed by atoms with Crippen molar-refractivity contribution in [2.45, 2.75) is 25.7 Å². The summed E-state index contributed by atoms with van der Waals surface area (Å²) in [4.78, 5) is 14.6. The van der Waals surface area contributed by atoms with Crippen LogP contribution in [0.25, 0.3) is 0 Å². The highest BCUT2D eigenvalue weighted by Gasteiger charge is 2.30. The van der Waals surface area contributed by atoms with E-state index in [1.165, 1.54) is 4.31 Å². The number of piperazine rings is 1. The number of sulfonamides is 1. The Morgan fingerprint density at radius 2 is 1.54 bits per heavy atom. The molecule has 7 heteroatoms. The average Bonchev–Trinajstić information content (AvgIpc) is 2.64. The lowest BCUT2D eigenvalue weighted by atomic mass is 10.2. The van der Waals surface area contributed by atoms with E-state index in [9.17, 15) is 13.2 Å². The van der Waals surface area contributed by atoms with Crippen molar-refractivity contribution in [3.05, 3.63) is 59.2 Å². The summed E-state index contributed by atoms with van der Waals surface area (Å²) in [7, 11) is -3.51. The summed E-state index contributed by atoms with van der Waals surface area (Å²) >= 11 is 0. The SMILES string of the molecule is Cc1ccc(NC(=O)CN2CCN(S(=O)(=O)c3ccc(C)cc3C)CC2)cc1. The van der Waals surface area contributed by atoms with Gasteiger partial charge >= 0.3 is 0 Å². The Morgan fingerprint density at radius 3 is 2.14 bits per heavy atom. The molecule has 3 rings (SSSR count). The molecule has 1 aliphatic heterocycles. The molecular formula is C21H27N3O3S. The molecule has 1 N–H and O–H groups in total. The molecule has 0 bridgehead atoms. The van der Waals surface area contributed by atoms with Crippen molar-refractivity contribution in [1.82, 2.24) is 9.21 Å². The summed E-state index contributed by atoms with van der Waals surface area (Å²) in [5.41, 5.74) is 3.71. The number of benzene rings is 2. The highest BCUT2D eigenvalue weighted by Crippen LogP contribution is 2.22. The molecule has 28 heavy (non-hydrogen) atoms. The average molecular weight is 402 g/mol. The number of nitrogens with one attached hydrogen (secondary N) is 1. The third kappa shape index (κ3) is 4.79. The summed E-state index contributed by atoms with van der Waals surface area (Å²) in [5.74, 6) is -0.0884. The zero-order valence-corrected chi connectivity index (χ0v) is 17.4. The van der Waals surface area contributed by atoms with Crippen molar-refractivity contribution in [3.8, 4) is 0 Å². The second-order valence-electron chi connectivity index (χ2n) is 7.36. The van der Waals surface area contributed by atoms with E-state index < -0.39 is 10.0 Å². The first kappa shape index (κ1) is 20.5. The van der Waals surface area contributed by atoms with Gasteiger partial charge in [-0.2, -0.15) is 4.31 Å². The van der Waals surface area contributed by atoms with Crippen LogP contribution < -0.4 is 5.32 Å². The number of hydrogen-bond donors (Lipinski definition) is 1. The fourth-order valence-corrected chi connectivity index (χ4v) is 5.02. The monoisotopic (exact) mass is 401 g/mol. The van der Waals surface area contributed by atoms with Crippen molar-refractivity contribution in [2.75, 3.05) is 38.0 Å². The summed E-state index contributed by atoms with van der Waals surface area (Å²) in [6.07, 6.45) is 0. The molecule has 1 saturated heterocycles. The van der Waals surface area contributed by atoms with Crippen molar-refractivity contribution in [1.29, 1.82) is 0 Å². The fraction of sp³-hybridized carbons (Fsp3) is 0.381. The Balaban J connectivity index is 1.56. The van der Waals surface area contributed by atoms with E-state index >= 15 is 0 Å². The molecule has 0 aromatic heterocycles. The van der Waals surface area contributed by atoms with Crippen LogP contribution in [0.15, 0.2) is 47.4 Å². The standard InChI is InChI=1S/C21H27N3O3S/c1-16-4-7-19(8-5-16)22-21(25)15-23-10-12-24(13-11-23)28(26,27)20-9-6-17(2)14-18(20)3/h4-9,14H,10-13,15H2,1-3H3,(H,22,25). The lowest BCUT2D eigenvalue weighted by Crippen LogP contribution is -2.50. The van der Waals surface area contributed by atoms with Gasteiger partial charge in [-0.25, -0.2) is 8.42 Å². The Hall–Kier alpha value is -2.22. The first-order valence-electron chi connectivity index (χ1n) is 9.42. The Labute approximate surface area is 167 Å². The van der Waals surface area contributed by atoms with Gasteiger partial charge in [-0.3, -0.25) is 9.69 Å². The predicted octanol–water partition coefficient (Wildman–Crippen LogP) is 2.56.